The van der Waals surface area contributed by atoms with Gasteiger partial charge in [0.2, 0.25) is 5.91 Å². The predicted molar refractivity (Wildman–Crippen MR) is 124 cm³/mol. The first-order valence-electron chi connectivity index (χ1n) is 11.2. The van der Waals surface area contributed by atoms with Crippen LogP contribution in [0, 0.1) is 0 Å². The number of hydrogen-bond donors (Lipinski definition) is 1. The number of nitrogens with one attached hydrogen (secondary N) is 1. The maximum atomic E-state index is 13.3. The van der Waals surface area contributed by atoms with Gasteiger partial charge < -0.3 is 10.1 Å². The van der Waals surface area contributed by atoms with Crippen LogP contribution in [0.2, 0.25) is 0 Å². The topological polar surface area (TPSA) is 79.0 Å². The molecule has 8 heteroatoms. The number of nitrogens with zero attached hydrogens (tertiary/aromatic N) is 2. The minimum atomic E-state index is -3.02. The first-order valence-corrected chi connectivity index (χ1v) is 13.0. The first kappa shape index (κ1) is 22.9. The van der Waals surface area contributed by atoms with Gasteiger partial charge >= 0.3 is 0 Å². The molecule has 1 amide bonds. The van der Waals surface area contributed by atoms with Gasteiger partial charge in [0.05, 0.1) is 24.7 Å². The van der Waals surface area contributed by atoms with Crippen LogP contribution in [-0.2, 0) is 32.5 Å². The minimum absolute atomic E-state index is 0.0893. The van der Waals surface area contributed by atoms with Crippen LogP contribution in [0.3, 0.4) is 0 Å². The second-order valence-corrected chi connectivity index (χ2v) is 10.7. The van der Waals surface area contributed by atoms with E-state index in [9.17, 15) is 13.2 Å². The number of carbonyl (C=O) groups excluding carboxylic acids is 1. The summed E-state index contributed by atoms with van der Waals surface area (Å²) in [5, 5.41) is 3.12. The average molecular weight is 458 g/mol. The quantitative estimate of drug-likeness (QED) is 0.681. The smallest absolute Gasteiger partial charge is 0.242 e. The Morgan fingerprint density at radius 2 is 1.53 bits per heavy atom. The molecule has 2 heterocycles. The third kappa shape index (κ3) is 5.95. The average Bonchev–Trinajstić information content (AvgIpc) is 2.81. The van der Waals surface area contributed by atoms with E-state index in [1.165, 1.54) is 5.56 Å². The lowest BCUT2D eigenvalue weighted by molar-refractivity contribution is -0.126. The maximum Gasteiger partial charge on any atom is 0.242 e. The molecule has 0 saturated carbocycles. The lowest BCUT2D eigenvalue weighted by atomic mass is 10.0. The standard InChI is InChI=1S/C24H31N3O4S/c28-24(23(20-6-2-1-3-7-20)27-12-16-32(29,30)17-13-27)25-18-21-8-4-5-9-22(21)19-26-10-14-31-15-11-26/h1-9,23H,10-19H2,(H,25,28). The Balaban J connectivity index is 1.46. The Labute approximate surface area is 190 Å². The molecule has 2 aromatic carbocycles. The summed E-state index contributed by atoms with van der Waals surface area (Å²) in [7, 11) is -3.02. The first-order chi connectivity index (χ1) is 15.5. The molecule has 0 aromatic heterocycles. The number of benzene rings is 2. The summed E-state index contributed by atoms with van der Waals surface area (Å²) >= 11 is 0. The highest BCUT2D eigenvalue weighted by atomic mass is 32.2. The molecule has 0 bridgehead atoms. The number of ether oxygens (including phenoxy) is 1. The molecule has 2 aliphatic rings. The Kier molecular flexibility index (Phi) is 7.57. The highest BCUT2D eigenvalue weighted by Crippen LogP contribution is 2.23. The second-order valence-electron chi connectivity index (χ2n) is 8.38. The molecule has 1 atom stereocenters. The van der Waals surface area contributed by atoms with Crippen molar-refractivity contribution >= 4 is 15.7 Å². The SMILES string of the molecule is O=C(NCc1ccccc1CN1CCOCC1)C(c1ccccc1)N1CCS(=O)(=O)CC1. The molecule has 7 nitrogen and oxygen atoms in total. The van der Waals surface area contributed by atoms with Crippen LogP contribution in [0.15, 0.2) is 54.6 Å². The normalized spacial score (nSPS) is 20.5. The molecule has 2 fully saturated rings. The van der Waals surface area contributed by atoms with Gasteiger partial charge in [-0.2, -0.15) is 0 Å². The van der Waals surface area contributed by atoms with E-state index in [2.05, 4.69) is 22.3 Å². The van der Waals surface area contributed by atoms with Crippen molar-refractivity contribution in [1.82, 2.24) is 15.1 Å². The summed E-state index contributed by atoms with van der Waals surface area (Å²) in [6, 6.07) is 17.3. The fraction of sp³-hybridized carbons (Fsp3) is 0.458. The Hall–Kier alpha value is -2.26. The van der Waals surface area contributed by atoms with Crippen LogP contribution in [0.25, 0.3) is 0 Å². The van der Waals surface area contributed by atoms with Crippen LogP contribution in [-0.4, -0.2) is 75.0 Å². The lowest BCUT2D eigenvalue weighted by Crippen LogP contribution is -2.47. The van der Waals surface area contributed by atoms with Crippen molar-refractivity contribution in [3.63, 3.8) is 0 Å². The molecule has 32 heavy (non-hydrogen) atoms. The van der Waals surface area contributed by atoms with E-state index >= 15 is 0 Å². The molecule has 0 spiro atoms. The summed E-state index contributed by atoms with van der Waals surface area (Å²) in [6.07, 6.45) is 0. The summed E-state index contributed by atoms with van der Waals surface area (Å²) in [5.41, 5.74) is 3.18. The maximum absolute atomic E-state index is 13.3. The molecule has 1 N–H and O–H groups in total. The summed E-state index contributed by atoms with van der Waals surface area (Å²) < 4.78 is 29.2. The molecule has 2 aliphatic heterocycles. The monoisotopic (exact) mass is 457 g/mol. The van der Waals surface area contributed by atoms with Gasteiger partial charge in [0.15, 0.2) is 9.84 Å². The zero-order valence-corrected chi connectivity index (χ0v) is 19.1. The van der Waals surface area contributed by atoms with Gasteiger partial charge in [-0.15, -0.1) is 0 Å². The van der Waals surface area contributed by atoms with Crippen molar-refractivity contribution in [3.8, 4) is 0 Å². The molecule has 2 saturated heterocycles. The lowest BCUT2D eigenvalue weighted by Gasteiger charge is -2.33. The van der Waals surface area contributed by atoms with Crippen molar-refractivity contribution in [3.05, 3.63) is 71.3 Å². The van der Waals surface area contributed by atoms with E-state index in [0.717, 1.165) is 44.0 Å². The number of carbonyl (C=O) groups is 1. The molecular weight excluding hydrogens is 426 g/mol. The van der Waals surface area contributed by atoms with Crippen molar-refractivity contribution in [2.45, 2.75) is 19.1 Å². The van der Waals surface area contributed by atoms with Crippen LogP contribution in [0.4, 0.5) is 0 Å². The second kappa shape index (κ2) is 10.6. The zero-order valence-electron chi connectivity index (χ0n) is 18.3. The fourth-order valence-electron chi connectivity index (χ4n) is 4.31. The van der Waals surface area contributed by atoms with E-state index in [4.69, 9.17) is 4.74 Å². The Morgan fingerprint density at radius 3 is 2.22 bits per heavy atom. The van der Waals surface area contributed by atoms with Crippen LogP contribution in [0.5, 0.6) is 0 Å². The minimum Gasteiger partial charge on any atom is -0.379 e. The largest absolute Gasteiger partial charge is 0.379 e. The molecule has 2 aromatic rings. The van der Waals surface area contributed by atoms with Crippen LogP contribution >= 0.6 is 0 Å². The van der Waals surface area contributed by atoms with E-state index in [0.29, 0.717) is 19.6 Å². The Morgan fingerprint density at radius 1 is 0.906 bits per heavy atom. The van der Waals surface area contributed by atoms with E-state index in [1.54, 1.807) is 0 Å². The molecular formula is C24H31N3O4S. The zero-order chi connectivity index (χ0) is 22.4. The van der Waals surface area contributed by atoms with Crippen molar-refractivity contribution in [2.75, 3.05) is 50.9 Å². The third-order valence-corrected chi connectivity index (χ3v) is 7.79. The number of amides is 1. The molecule has 1 unspecified atom stereocenters. The van der Waals surface area contributed by atoms with Crippen molar-refractivity contribution < 1.29 is 17.9 Å². The van der Waals surface area contributed by atoms with Gasteiger partial charge in [0.25, 0.3) is 0 Å². The van der Waals surface area contributed by atoms with E-state index in [1.807, 2.05) is 47.4 Å². The highest BCUT2D eigenvalue weighted by Gasteiger charge is 2.32. The summed E-state index contributed by atoms with van der Waals surface area (Å²) in [4.78, 5) is 17.7. The summed E-state index contributed by atoms with van der Waals surface area (Å²) in [6.45, 7) is 5.33. The Bertz CT molecular complexity index is 993. The summed E-state index contributed by atoms with van der Waals surface area (Å²) in [5.74, 6) is 0.0783. The van der Waals surface area contributed by atoms with Gasteiger partial charge in [-0.1, -0.05) is 54.6 Å². The highest BCUT2D eigenvalue weighted by molar-refractivity contribution is 7.91. The molecule has 0 radical (unpaired) electrons. The predicted octanol–water partition coefficient (Wildman–Crippen LogP) is 1.61. The van der Waals surface area contributed by atoms with Crippen LogP contribution in [0.1, 0.15) is 22.7 Å². The molecule has 0 aliphatic carbocycles. The third-order valence-electron chi connectivity index (χ3n) is 6.18. The number of hydrogen-bond acceptors (Lipinski definition) is 6. The number of rotatable bonds is 7. The van der Waals surface area contributed by atoms with Crippen molar-refractivity contribution in [1.29, 1.82) is 0 Å². The number of morpholine rings is 1. The van der Waals surface area contributed by atoms with Gasteiger partial charge in [0.1, 0.15) is 6.04 Å². The van der Waals surface area contributed by atoms with Gasteiger partial charge in [0, 0.05) is 39.3 Å². The van der Waals surface area contributed by atoms with Crippen molar-refractivity contribution in [2.24, 2.45) is 0 Å². The van der Waals surface area contributed by atoms with E-state index in [-0.39, 0.29) is 17.4 Å². The fourth-order valence-corrected chi connectivity index (χ4v) is 5.54. The van der Waals surface area contributed by atoms with E-state index < -0.39 is 15.9 Å². The van der Waals surface area contributed by atoms with Gasteiger partial charge in [-0.25, -0.2) is 8.42 Å². The molecule has 172 valence electrons. The number of sulfone groups is 1. The molecule has 4 rings (SSSR count). The van der Waals surface area contributed by atoms with Gasteiger partial charge in [-0.3, -0.25) is 14.6 Å². The van der Waals surface area contributed by atoms with Gasteiger partial charge in [-0.05, 0) is 16.7 Å². The van der Waals surface area contributed by atoms with Crippen LogP contribution < -0.4 is 5.32 Å².